The molecule has 1 aromatic heterocycles. The number of benzene rings is 1. The SMILES string of the molecule is Cc1cc(N2CCCC2=O)ccc1S(=O)(=O)NCCCN1CCN(c2ncccn2)CC1. The number of carbonyl (C=O) groups is 1. The van der Waals surface area contributed by atoms with E-state index in [1.807, 2.05) is 6.07 Å². The summed E-state index contributed by atoms with van der Waals surface area (Å²) in [6, 6.07) is 6.92. The zero-order valence-corrected chi connectivity index (χ0v) is 19.2. The molecule has 0 atom stereocenters. The van der Waals surface area contributed by atoms with Crippen LogP contribution in [-0.2, 0) is 14.8 Å². The molecule has 32 heavy (non-hydrogen) atoms. The number of piperazine rings is 1. The Kier molecular flexibility index (Phi) is 7.02. The number of rotatable bonds is 8. The van der Waals surface area contributed by atoms with Gasteiger partial charge in [0.05, 0.1) is 4.90 Å². The quantitative estimate of drug-likeness (QED) is 0.597. The van der Waals surface area contributed by atoms with Gasteiger partial charge in [-0.15, -0.1) is 0 Å². The summed E-state index contributed by atoms with van der Waals surface area (Å²) in [5, 5.41) is 0. The van der Waals surface area contributed by atoms with E-state index in [2.05, 4.69) is 24.5 Å². The van der Waals surface area contributed by atoms with Gasteiger partial charge in [-0.3, -0.25) is 9.69 Å². The minimum Gasteiger partial charge on any atom is -0.338 e. The Bertz CT molecular complexity index is 1040. The van der Waals surface area contributed by atoms with Crippen molar-refractivity contribution in [3.05, 3.63) is 42.2 Å². The van der Waals surface area contributed by atoms with E-state index >= 15 is 0 Å². The summed E-state index contributed by atoms with van der Waals surface area (Å²) < 4.78 is 28.3. The summed E-state index contributed by atoms with van der Waals surface area (Å²) in [4.78, 5) is 27.0. The Labute approximate surface area is 189 Å². The van der Waals surface area contributed by atoms with Gasteiger partial charge in [0.25, 0.3) is 0 Å². The molecule has 2 saturated heterocycles. The van der Waals surface area contributed by atoms with Crippen molar-refractivity contribution < 1.29 is 13.2 Å². The Morgan fingerprint density at radius 3 is 2.47 bits per heavy atom. The zero-order valence-electron chi connectivity index (χ0n) is 18.4. The normalized spacial score (nSPS) is 17.8. The minimum absolute atomic E-state index is 0.0928. The molecule has 0 unspecified atom stereocenters. The minimum atomic E-state index is -3.59. The van der Waals surface area contributed by atoms with E-state index in [9.17, 15) is 13.2 Å². The second-order valence-corrected chi connectivity index (χ2v) is 9.96. The lowest BCUT2D eigenvalue weighted by atomic mass is 10.2. The van der Waals surface area contributed by atoms with Crippen LogP contribution in [0.25, 0.3) is 0 Å². The monoisotopic (exact) mass is 458 g/mol. The molecular formula is C22H30N6O3S. The first kappa shape index (κ1) is 22.6. The van der Waals surface area contributed by atoms with Crippen molar-refractivity contribution in [3.8, 4) is 0 Å². The molecule has 2 fully saturated rings. The number of carbonyl (C=O) groups excluding carboxylic acids is 1. The van der Waals surface area contributed by atoms with Gasteiger partial charge < -0.3 is 9.80 Å². The van der Waals surface area contributed by atoms with E-state index in [0.29, 0.717) is 25.1 Å². The van der Waals surface area contributed by atoms with Crippen molar-refractivity contribution in [2.24, 2.45) is 0 Å². The van der Waals surface area contributed by atoms with Crippen molar-refractivity contribution in [2.45, 2.75) is 31.1 Å². The highest BCUT2D eigenvalue weighted by atomic mass is 32.2. The van der Waals surface area contributed by atoms with Gasteiger partial charge in [0.2, 0.25) is 21.9 Å². The lowest BCUT2D eigenvalue weighted by Crippen LogP contribution is -2.47. The second-order valence-electron chi connectivity index (χ2n) is 8.23. The molecule has 10 heteroatoms. The fraction of sp³-hybridized carbons (Fsp3) is 0.500. The molecule has 0 radical (unpaired) electrons. The van der Waals surface area contributed by atoms with Crippen LogP contribution in [0.4, 0.5) is 11.6 Å². The van der Waals surface area contributed by atoms with Crippen LogP contribution in [-0.4, -0.2) is 75.0 Å². The van der Waals surface area contributed by atoms with Crippen molar-refractivity contribution in [1.82, 2.24) is 19.6 Å². The largest absolute Gasteiger partial charge is 0.338 e. The molecule has 2 aliphatic rings. The summed E-state index contributed by atoms with van der Waals surface area (Å²) in [6.07, 6.45) is 5.63. The number of nitrogens with one attached hydrogen (secondary N) is 1. The predicted molar refractivity (Wildman–Crippen MR) is 123 cm³/mol. The van der Waals surface area contributed by atoms with Crippen LogP contribution in [0.3, 0.4) is 0 Å². The summed E-state index contributed by atoms with van der Waals surface area (Å²) in [6.45, 7) is 7.21. The summed E-state index contributed by atoms with van der Waals surface area (Å²) in [7, 11) is -3.59. The van der Waals surface area contributed by atoms with Crippen molar-refractivity contribution in [3.63, 3.8) is 0 Å². The van der Waals surface area contributed by atoms with Gasteiger partial charge in [0.1, 0.15) is 0 Å². The maximum atomic E-state index is 12.8. The van der Waals surface area contributed by atoms with Crippen LogP contribution < -0.4 is 14.5 Å². The summed E-state index contributed by atoms with van der Waals surface area (Å²) in [5.41, 5.74) is 1.41. The Morgan fingerprint density at radius 2 is 1.81 bits per heavy atom. The summed E-state index contributed by atoms with van der Waals surface area (Å²) >= 11 is 0. The van der Waals surface area contributed by atoms with Crippen LogP contribution in [0.1, 0.15) is 24.8 Å². The highest BCUT2D eigenvalue weighted by Gasteiger charge is 2.24. The van der Waals surface area contributed by atoms with Crippen molar-refractivity contribution in [1.29, 1.82) is 0 Å². The molecule has 1 N–H and O–H groups in total. The Balaban J connectivity index is 1.24. The topological polar surface area (TPSA) is 98.7 Å². The van der Waals surface area contributed by atoms with E-state index in [-0.39, 0.29) is 10.8 Å². The molecular weight excluding hydrogens is 428 g/mol. The first-order valence-electron chi connectivity index (χ1n) is 11.1. The van der Waals surface area contributed by atoms with E-state index < -0.39 is 10.0 Å². The fourth-order valence-electron chi connectivity index (χ4n) is 4.24. The number of aryl methyl sites for hydroxylation is 1. The highest BCUT2D eigenvalue weighted by molar-refractivity contribution is 7.89. The van der Waals surface area contributed by atoms with E-state index in [0.717, 1.165) is 57.2 Å². The molecule has 0 spiro atoms. The molecule has 0 bridgehead atoms. The Hall–Kier alpha value is -2.56. The molecule has 4 rings (SSSR count). The number of amides is 1. The molecule has 2 aromatic rings. The molecule has 1 amide bonds. The second kappa shape index (κ2) is 9.93. The lowest BCUT2D eigenvalue weighted by Gasteiger charge is -2.34. The smallest absolute Gasteiger partial charge is 0.240 e. The number of sulfonamides is 1. The summed E-state index contributed by atoms with van der Waals surface area (Å²) in [5.74, 6) is 0.852. The van der Waals surface area contributed by atoms with Crippen LogP contribution in [0.2, 0.25) is 0 Å². The zero-order chi connectivity index (χ0) is 22.6. The van der Waals surface area contributed by atoms with Crippen LogP contribution in [0.5, 0.6) is 0 Å². The first-order valence-corrected chi connectivity index (χ1v) is 12.6. The third kappa shape index (κ3) is 5.25. The van der Waals surface area contributed by atoms with E-state index in [1.165, 1.54) is 0 Å². The van der Waals surface area contributed by atoms with Gasteiger partial charge >= 0.3 is 0 Å². The lowest BCUT2D eigenvalue weighted by molar-refractivity contribution is -0.117. The molecule has 172 valence electrons. The van der Waals surface area contributed by atoms with Gasteiger partial charge in [-0.25, -0.2) is 23.1 Å². The third-order valence-electron chi connectivity index (χ3n) is 5.98. The van der Waals surface area contributed by atoms with E-state index in [1.54, 1.807) is 42.4 Å². The number of hydrogen-bond donors (Lipinski definition) is 1. The van der Waals surface area contributed by atoms with Crippen molar-refractivity contribution in [2.75, 3.05) is 55.6 Å². The maximum absolute atomic E-state index is 12.8. The number of aromatic nitrogens is 2. The number of hydrogen-bond acceptors (Lipinski definition) is 7. The van der Waals surface area contributed by atoms with Crippen LogP contribution >= 0.6 is 0 Å². The number of anilines is 2. The van der Waals surface area contributed by atoms with Gasteiger partial charge in [0.15, 0.2) is 0 Å². The average Bonchev–Trinajstić information content (AvgIpc) is 3.23. The van der Waals surface area contributed by atoms with Gasteiger partial charge in [-0.2, -0.15) is 0 Å². The average molecular weight is 459 g/mol. The van der Waals surface area contributed by atoms with Gasteiger partial charge in [-0.05, 0) is 56.1 Å². The molecule has 2 aliphatic heterocycles. The molecule has 3 heterocycles. The molecule has 9 nitrogen and oxygen atoms in total. The van der Waals surface area contributed by atoms with Crippen molar-refractivity contribution >= 4 is 27.6 Å². The standard InChI is InChI=1S/C22H30N6O3S/c1-18-17-19(28-12-2-5-21(28)29)6-7-20(18)32(30,31)25-10-4-11-26-13-15-27(16-14-26)22-23-8-3-9-24-22/h3,6-9,17,25H,2,4-5,10-16H2,1H3. The Morgan fingerprint density at radius 1 is 1.06 bits per heavy atom. The third-order valence-corrected chi connectivity index (χ3v) is 7.60. The molecule has 1 aromatic carbocycles. The molecule has 0 saturated carbocycles. The fourth-order valence-corrected chi connectivity index (χ4v) is 5.54. The highest BCUT2D eigenvalue weighted by Crippen LogP contribution is 2.26. The maximum Gasteiger partial charge on any atom is 0.240 e. The van der Waals surface area contributed by atoms with Gasteiger partial charge in [-0.1, -0.05) is 0 Å². The molecule has 0 aliphatic carbocycles. The van der Waals surface area contributed by atoms with Gasteiger partial charge in [0, 0.05) is 63.8 Å². The van der Waals surface area contributed by atoms with Crippen LogP contribution in [0, 0.1) is 6.92 Å². The first-order chi connectivity index (χ1) is 15.4. The predicted octanol–water partition coefficient (Wildman–Crippen LogP) is 1.40. The van der Waals surface area contributed by atoms with Crippen LogP contribution in [0.15, 0.2) is 41.6 Å². The van der Waals surface area contributed by atoms with E-state index in [4.69, 9.17) is 0 Å². The number of nitrogens with zero attached hydrogens (tertiary/aromatic N) is 5.